The highest BCUT2D eigenvalue weighted by atomic mass is 79.9. The van der Waals surface area contributed by atoms with Gasteiger partial charge < -0.3 is 5.32 Å². The van der Waals surface area contributed by atoms with Crippen molar-refractivity contribution in [2.45, 2.75) is 18.6 Å². The summed E-state index contributed by atoms with van der Waals surface area (Å²) in [5.41, 5.74) is 2.52. The fourth-order valence-corrected chi connectivity index (χ4v) is 4.29. The molecular weight excluding hydrogens is 438 g/mol. The predicted octanol–water partition coefficient (Wildman–Crippen LogP) is 4.90. The molecule has 0 saturated carbocycles. The Morgan fingerprint density at radius 3 is 2.71 bits per heavy atom. The van der Waals surface area contributed by atoms with Gasteiger partial charge in [-0.05, 0) is 46.6 Å². The number of benzene rings is 2. The first-order chi connectivity index (χ1) is 13.5. The van der Waals surface area contributed by atoms with E-state index in [4.69, 9.17) is 0 Å². The number of carbonyl (C=O) groups is 2. The third-order valence-corrected chi connectivity index (χ3v) is 6.05. The van der Waals surface area contributed by atoms with Gasteiger partial charge in [0.15, 0.2) is 5.17 Å². The molecule has 1 N–H and O–H groups in total. The first kappa shape index (κ1) is 20.4. The Balaban J connectivity index is 1.76. The lowest BCUT2D eigenvalue weighted by atomic mass is 10.2. The van der Waals surface area contributed by atoms with Gasteiger partial charge in [-0.2, -0.15) is 0 Å². The molecule has 1 fully saturated rings. The first-order valence-corrected chi connectivity index (χ1v) is 10.4. The van der Waals surface area contributed by atoms with Crippen LogP contribution in [0.3, 0.4) is 0 Å². The molecule has 0 aromatic heterocycles. The maximum Gasteiger partial charge on any atom is 0.242 e. The normalized spacial score (nSPS) is 17.8. The molecule has 2 aromatic carbocycles. The number of nitrogens with zero attached hydrogens (tertiary/aromatic N) is 2. The van der Waals surface area contributed by atoms with Crippen LogP contribution in [0.2, 0.25) is 0 Å². The molecule has 0 radical (unpaired) electrons. The molecule has 2 amide bonds. The predicted molar refractivity (Wildman–Crippen MR) is 119 cm³/mol. The Bertz CT molecular complexity index is 945. The third kappa shape index (κ3) is 4.72. The minimum absolute atomic E-state index is 0.0747. The van der Waals surface area contributed by atoms with Gasteiger partial charge in [-0.15, -0.1) is 6.58 Å². The van der Waals surface area contributed by atoms with Gasteiger partial charge in [-0.25, -0.2) is 4.99 Å². The SMILES string of the molecule is C=CCN1C(=O)C(CC(=O)Nc2ccccc2Br)SC1=Nc1ccccc1C. The van der Waals surface area contributed by atoms with E-state index in [2.05, 4.69) is 32.8 Å². The number of hydrogen-bond donors (Lipinski definition) is 1. The summed E-state index contributed by atoms with van der Waals surface area (Å²) in [5, 5.41) is 2.93. The van der Waals surface area contributed by atoms with E-state index in [1.165, 1.54) is 11.8 Å². The molecule has 5 nitrogen and oxygen atoms in total. The minimum Gasteiger partial charge on any atom is -0.325 e. The van der Waals surface area contributed by atoms with Crippen molar-refractivity contribution in [1.82, 2.24) is 4.90 Å². The van der Waals surface area contributed by atoms with Gasteiger partial charge in [0.1, 0.15) is 5.25 Å². The van der Waals surface area contributed by atoms with E-state index in [0.29, 0.717) is 17.4 Å². The Hall–Kier alpha value is -2.38. The van der Waals surface area contributed by atoms with E-state index in [0.717, 1.165) is 15.7 Å². The molecule has 1 unspecified atom stereocenters. The van der Waals surface area contributed by atoms with Gasteiger partial charge in [0.25, 0.3) is 0 Å². The fraction of sp³-hybridized carbons (Fsp3) is 0.190. The van der Waals surface area contributed by atoms with E-state index in [1.807, 2.05) is 49.4 Å². The van der Waals surface area contributed by atoms with Gasteiger partial charge >= 0.3 is 0 Å². The summed E-state index contributed by atoms with van der Waals surface area (Å²) < 4.78 is 0.795. The van der Waals surface area contributed by atoms with E-state index < -0.39 is 5.25 Å². The van der Waals surface area contributed by atoms with Gasteiger partial charge in [-0.3, -0.25) is 14.5 Å². The molecule has 0 bridgehead atoms. The first-order valence-electron chi connectivity index (χ1n) is 8.77. The van der Waals surface area contributed by atoms with Crippen molar-refractivity contribution in [2.75, 3.05) is 11.9 Å². The second kappa shape index (κ2) is 9.21. The molecule has 1 heterocycles. The van der Waals surface area contributed by atoms with Crippen molar-refractivity contribution < 1.29 is 9.59 Å². The second-order valence-corrected chi connectivity index (χ2v) is 8.28. The van der Waals surface area contributed by atoms with Crippen LogP contribution in [0, 0.1) is 6.92 Å². The largest absolute Gasteiger partial charge is 0.325 e. The summed E-state index contributed by atoms with van der Waals surface area (Å²) in [4.78, 5) is 31.5. The summed E-state index contributed by atoms with van der Waals surface area (Å²) in [6.45, 7) is 6.06. The number of para-hydroxylation sites is 2. The van der Waals surface area contributed by atoms with Crippen molar-refractivity contribution in [1.29, 1.82) is 0 Å². The summed E-state index contributed by atoms with van der Waals surface area (Å²) in [7, 11) is 0. The van der Waals surface area contributed by atoms with E-state index in [1.54, 1.807) is 17.0 Å². The molecular formula is C21H20BrN3O2S. The Morgan fingerprint density at radius 1 is 1.29 bits per heavy atom. The van der Waals surface area contributed by atoms with Crippen LogP contribution in [0.4, 0.5) is 11.4 Å². The number of nitrogens with one attached hydrogen (secondary N) is 1. The Morgan fingerprint density at radius 2 is 2.00 bits per heavy atom. The van der Waals surface area contributed by atoms with Crippen LogP contribution in [0.15, 0.2) is 70.7 Å². The zero-order chi connectivity index (χ0) is 20.1. The lowest BCUT2D eigenvalue weighted by Crippen LogP contribution is -2.33. The summed E-state index contributed by atoms with van der Waals surface area (Å²) >= 11 is 4.73. The molecule has 0 spiro atoms. The zero-order valence-corrected chi connectivity index (χ0v) is 17.8. The average Bonchev–Trinajstić information content (AvgIpc) is 2.94. The highest BCUT2D eigenvalue weighted by molar-refractivity contribution is 9.10. The monoisotopic (exact) mass is 457 g/mol. The van der Waals surface area contributed by atoms with Crippen molar-refractivity contribution in [3.8, 4) is 0 Å². The van der Waals surface area contributed by atoms with Crippen molar-refractivity contribution in [3.05, 3.63) is 71.2 Å². The molecule has 1 aliphatic heterocycles. The number of aliphatic imine (C=N–C) groups is 1. The van der Waals surface area contributed by atoms with Gasteiger partial charge in [0.05, 0.1) is 11.4 Å². The number of anilines is 1. The number of aryl methyl sites for hydroxylation is 1. The minimum atomic E-state index is -0.509. The maximum atomic E-state index is 12.8. The fourth-order valence-electron chi connectivity index (χ4n) is 2.75. The molecule has 1 atom stereocenters. The van der Waals surface area contributed by atoms with E-state index in [9.17, 15) is 9.59 Å². The molecule has 3 rings (SSSR count). The smallest absolute Gasteiger partial charge is 0.242 e. The van der Waals surface area contributed by atoms with Gasteiger partial charge in [-0.1, -0.05) is 48.2 Å². The van der Waals surface area contributed by atoms with Crippen LogP contribution >= 0.6 is 27.7 Å². The van der Waals surface area contributed by atoms with Crippen molar-refractivity contribution >= 4 is 56.0 Å². The molecule has 28 heavy (non-hydrogen) atoms. The van der Waals surface area contributed by atoms with E-state index >= 15 is 0 Å². The number of thioether (sulfide) groups is 1. The summed E-state index contributed by atoms with van der Waals surface area (Å²) in [6, 6.07) is 15.1. The van der Waals surface area contributed by atoms with Crippen LogP contribution in [-0.2, 0) is 9.59 Å². The van der Waals surface area contributed by atoms with Crippen LogP contribution in [0.5, 0.6) is 0 Å². The molecule has 0 aliphatic carbocycles. The maximum absolute atomic E-state index is 12.8. The number of halogens is 1. The third-order valence-electron chi connectivity index (χ3n) is 4.18. The average molecular weight is 458 g/mol. The number of amides is 2. The van der Waals surface area contributed by atoms with Gasteiger partial charge in [0, 0.05) is 17.4 Å². The van der Waals surface area contributed by atoms with Crippen LogP contribution in [0.25, 0.3) is 0 Å². The number of amidine groups is 1. The second-order valence-electron chi connectivity index (χ2n) is 6.26. The molecule has 2 aromatic rings. The highest BCUT2D eigenvalue weighted by Gasteiger charge is 2.38. The highest BCUT2D eigenvalue weighted by Crippen LogP contribution is 2.33. The lowest BCUT2D eigenvalue weighted by Gasteiger charge is -2.14. The molecule has 1 saturated heterocycles. The summed E-state index contributed by atoms with van der Waals surface area (Å²) in [5.74, 6) is -0.340. The van der Waals surface area contributed by atoms with Crippen LogP contribution < -0.4 is 5.32 Å². The Labute approximate surface area is 177 Å². The van der Waals surface area contributed by atoms with Crippen molar-refractivity contribution in [3.63, 3.8) is 0 Å². The van der Waals surface area contributed by atoms with E-state index in [-0.39, 0.29) is 18.2 Å². The quantitative estimate of drug-likeness (QED) is 0.627. The molecule has 7 heteroatoms. The lowest BCUT2D eigenvalue weighted by molar-refractivity contribution is -0.127. The van der Waals surface area contributed by atoms with Crippen LogP contribution in [0.1, 0.15) is 12.0 Å². The number of hydrogen-bond acceptors (Lipinski definition) is 4. The standard InChI is InChI=1S/C21H20BrN3O2S/c1-3-12-25-20(27)18(13-19(26)23-17-11-7-5-9-15(17)22)28-21(25)24-16-10-6-4-8-14(16)2/h3-11,18H,1,12-13H2,2H3,(H,23,26). The zero-order valence-electron chi connectivity index (χ0n) is 15.4. The molecule has 1 aliphatic rings. The molecule has 144 valence electrons. The van der Waals surface area contributed by atoms with Crippen molar-refractivity contribution in [2.24, 2.45) is 4.99 Å². The Kier molecular flexibility index (Phi) is 6.70. The number of rotatable bonds is 6. The topological polar surface area (TPSA) is 61.8 Å². The number of carbonyl (C=O) groups excluding carboxylic acids is 2. The van der Waals surface area contributed by atoms with Gasteiger partial charge in [0.2, 0.25) is 11.8 Å². The van der Waals surface area contributed by atoms with Crippen LogP contribution in [-0.4, -0.2) is 33.7 Å². The summed E-state index contributed by atoms with van der Waals surface area (Å²) in [6.07, 6.45) is 1.74.